The number of aromatic nitrogens is 3. The molecule has 2 heterocycles. The smallest absolute Gasteiger partial charge is 0.207 e. The van der Waals surface area contributed by atoms with E-state index in [2.05, 4.69) is 34.0 Å². The summed E-state index contributed by atoms with van der Waals surface area (Å²) in [4.78, 5) is 8.48. The van der Waals surface area contributed by atoms with E-state index in [9.17, 15) is 0 Å². The predicted molar refractivity (Wildman–Crippen MR) is 77.6 cm³/mol. The van der Waals surface area contributed by atoms with Crippen LogP contribution in [0.1, 0.15) is 0 Å². The van der Waals surface area contributed by atoms with Gasteiger partial charge in [0.25, 0.3) is 0 Å². The first-order valence-corrected chi connectivity index (χ1v) is 6.11. The van der Waals surface area contributed by atoms with Gasteiger partial charge in [0.15, 0.2) is 0 Å². The van der Waals surface area contributed by atoms with Crippen LogP contribution >= 0.6 is 0 Å². The topological polar surface area (TPSA) is 42.7 Å². The van der Waals surface area contributed by atoms with E-state index in [-0.39, 0.29) is 0 Å². The molecule has 3 aromatic rings. The van der Waals surface area contributed by atoms with Gasteiger partial charge in [-0.2, -0.15) is 0 Å². The van der Waals surface area contributed by atoms with E-state index in [0.717, 1.165) is 22.4 Å². The molecule has 0 saturated carbocycles. The zero-order valence-electron chi connectivity index (χ0n) is 10.5. The standard InChI is InChI=1S/C15H14N4/c1-2-7-17-15-18-9-10-19(15)14-5-3-4-12-11-16-8-6-13(12)14/h2-6,8-11H,1,7H2,(H,17,18). The number of benzene rings is 1. The molecule has 0 saturated heterocycles. The summed E-state index contributed by atoms with van der Waals surface area (Å²) in [6, 6.07) is 8.17. The molecule has 94 valence electrons. The van der Waals surface area contributed by atoms with E-state index >= 15 is 0 Å². The number of imidazole rings is 1. The molecule has 0 spiro atoms. The lowest BCUT2D eigenvalue weighted by atomic mass is 10.1. The molecule has 19 heavy (non-hydrogen) atoms. The summed E-state index contributed by atoms with van der Waals surface area (Å²) in [6.45, 7) is 4.39. The number of hydrogen-bond acceptors (Lipinski definition) is 3. The second-order valence-corrected chi connectivity index (χ2v) is 4.16. The average molecular weight is 250 g/mol. The lowest BCUT2D eigenvalue weighted by molar-refractivity contribution is 1.05. The summed E-state index contributed by atoms with van der Waals surface area (Å²) in [5, 5.41) is 5.49. The average Bonchev–Trinajstić information content (AvgIpc) is 2.92. The Morgan fingerprint density at radius 3 is 3.11 bits per heavy atom. The largest absolute Gasteiger partial charge is 0.352 e. The normalized spacial score (nSPS) is 10.5. The number of rotatable bonds is 4. The van der Waals surface area contributed by atoms with E-state index in [4.69, 9.17) is 0 Å². The zero-order valence-corrected chi connectivity index (χ0v) is 10.5. The molecule has 0 amide bonds. The molecule has 3 rings (SSSR count). The molecule has 4 heteroatoms. The molecule has 2 aromatic heterocycles. The number of nitrogens with zero attached hydrogens (tertiary/aromatic N) is 3. The van der Waals surface area contributed by atoms with Crippen LogP contribution in [0.4, 0.5) is 5.95 Å². The summed E-state index contributed by atoms with van der Waals surface area (Å²) in [6.07, 6.45) is 9.21. The molecule has 0 aliphatic rings. The summed E-state index contributed by atoms with van der Waals surface area (Å²) >= 11 is 0. The monoisotopic (exact) mass is 250 g/mol. The highest BCUT2D eigenvalue weighted by molar-refractivity contribution is 5.89. The SMILES string of the molecule is C=CCNc1nccn1-c1cccc2cnccc12. The number of fused-ring (bicyclic) bond motifs is 1. The van der Waals surface area contributed by atoms with Gasteiger partial charge in [0.2, 0.25) is 5.95 Å². The van der Waals surface area contributed by atoms with Crippen molar-refractivity contribution in [2.45, 2.75) is 0 Å². The van der Waals surface area contributed by atoms with Crippen LogP contribution in [0.25, 0.3) is 16.5 Å². The van der Waals surface area contributed by atoms with E-state index in [0.29, 0.717) is 6.54 Å². The Labute approximate surface area is 111 Å². The third-order valence-electron chi connectivity index (χ3n) is 2.96. The van der Waals surface area contributed by atoms with Crippen molar-refractivity contribution in [1.29, 1.82) is 0 Å². The van der Waals surface area contributed by atoms with E-state index < -0.39 is 0 Å². The van der Waals surface area contributed by atoms with Crippen molar-refractivity contribution in [3.63, 3.8) is 0 Å². The Kier molecular flexibility index (Phi) is 2.98. The van der Waals surface area contributed by atoms with Crippen LogP contribution in [0.3, 0.4) is 0 Å². The van der Waals surface area contributed by atoms with E-state index in [1.165, 1.54) is 0 Å². The Hall–Kier alpha value is -2.62. The fourth-order valence-electron chi connectivity index (χ4n) is 2.11. The van der Waals surface area contributed by atoms with Crippen molar-refractivity contribution < 1.29 is 0 Å². The van der Waals surface area contributed by atoms with E-state index in [1.54, 1.807) is 12.4 Å². The van der Waals surface area contributed by atoms with Crippen molar-refractivity contribution >= 4 is 16.7 Å². The van der Waals surface area contributed by atoms with Gasteiger partial charge in [0.05, 0.1) is 5.69 Å². The van der Waals surface area contributed by atoms with Gasteiger partial charge in [-0.15, -0.1) is 6.58 Å². The van der Waals surface area contributed by atoms with Crippen LogP contribution in [-0.4, -0.2) is 21.1 Å². The van der Waals surface area contributed by atoms with Crippen molar-refractivity contribution in [3.8, 4) is 5.69 Å². The highest BCUT2D eigenvalue weighted by Crippen LogP contribution is 2.23. The molecule has 0 fully saturated rings. The Balaban J connectivity index is 2.14. The number of hydrogen-bond donors (Lipinski definition) is 1. The molecule has 0 unspecified atom stereocenters. The molecule has 0 aliphatic carbocycles. The van der Waals surface area contributed by atoms with Gasteiger partial charge < -0.3 is 5.32 Å². The van der Waals surface area contributed by atoms with Gasteiger partial charge in [-0.05, 0) is 12.1 Å². The summed E-state index contributed by atoms with van der Waals surface area (Å²) < 4.78 is 2.03. The molecule has 4 nitrogen and oxygen atoms in total. The van der Waals surface area contributed by atoms with Crippen molar-refractivity contribution in [2.75, 3.05) is 11.9 Å². The summed E-state index contributed by atoms with van der Waals surface area (Å²) in [7, 11) is 0. The molecule has 0 aliphatic heterocycles. The number of pyridine rings is 1. The molecular weight excluding hydrogens is 236 g/mol. The maximum Gasteiger partial charge on any atom is 0.207 e. The fraction of sp³-hybridized carbons (Fsp3) is 0.0667. The fourth-order valence-corrected chi connectivity index (χ4v) is 2.11. The highest BCUT2D eigenvalue weighted by Gasteiger charge is 2.07. The van der Waals surface area contributed by atoms with Gasteiger partial charge >= 0.3 is 0 Å². The summed E-state index contributed by atoms with van der Waals surface area (Å²) in [5.74, 6) is 0.809. The lowest BCUT2D eigenvalue weighted by Gasteiger charge is -2.11. The lowest BCUT2D eigenvalue weighted by Crippen LogP contribution is -2.05. The predicted octanol–water partition coefficient (Wildman–Crippen LogP) is 3.02. The Morgan fingerprint density at radius 2 is 2.21 bits per heavy atom. The first-order chi connectivity index (χ1) is 9.40. The highest BCUT2D eigenvalue weighted by atomic mass is 15.2. The molecule has 0 bridgehead atoms. The minimum atomic E-state index is 0.684. The minimum absolute atomic E-state index is 0.684. The van der Waals surface area contributed by atoms with Gasteiger partial charge in [0.1, 0.15) is 0 Å². The van der Waals surface area contributed by atoms with Gasteiger partial charge in [-0.25, -0.2) is 4.98 Å². The second-order valence-electron chi connectivity index (χ2n) is 4.16. The van der Waals surface area contributed by atoms with Crippen molar-refractivity contribution in [1.82, 2.24) is 14.5 Å². The molecule has 1 N–H and O–H groups in total. The number of anilines is 1. The number of nitrogens with one attached hydrogen (secondary N) is 1. The minimum Gasteiger partial charge on any atom is -0.352 e. The Morgan fingerprint density at radius 1 is 1.26 bits per heavy atom. The molecule has 0 radical (unpaired) electrons. The maximum atomic E-state index is 4.33. The van der Waals surface area contributed by atoms with Crippen LogP contribution in [0.15, 0.2) is 61.7 Å². The quantitative estimate of drug-likeness (QED) is 0.724. The van der Waals surface area contributed by atoms with Gasteiger partial charge in [0, 0.05) is 42.1 Å². The van der Waals surface area contributed by atoms with E-state index in [1.807, 2.05) is 35.2 Å². The third kappa shape index (κ3) is 2.08. The maximum absolute atomic E-state index is 4.33. The zero-order chi connectivity index (χ0) is 13.1. The van der Waals surface area contributed by atoms with Crippen molar-refractivity contribution in [2.24, 2.45) is 0 Å². The van der Waals surface area contributed by atoms with Crippen LogP contribution < -0.4 is 5.32 Å². The van der Waals surface area contributed by atoms with Crippen LogP contribution in [0, 0.1) is 0 Å². The third-order valence-corrected chi connectivity index (χ3v) is 2.96. The second kappa shape index (κ2) is 4.94. The molecule has 1 aromatic carbocycles. The summed E-state index contributed by atoms with van der Waals surface area (Å²) in [5.41, 5.74) is 1.09. The molecule has 0 atom stereocenters. The van der Waals surface area contributed by atoms with Crippen molar-refractivity contribution in [3.05, 3.63) is 61.7 Å². The van der Waals surface area contributed by atoms with Gasteiger partial charge in [-0.1, -0.05) is 18.2 Å². The van der Waals surface area contributed by atoms with Gasteiger partial charge in [-0.3, -0.25) is 9.55 Å². The van der Waals surface area contributed by atoms with Crippen LogP contribution in [0.5, 0.6) is 0 Å². The van der Waals surface area contributed by atoms with Crippen LogP contribution in [0.2, 0.25) is 0 Å². The Bertz CT molecular complexity index is 709. The van der Waals surface area contributed by atoms with Crippen LogP contribution in [-0.2, 0) is 0 Å². The molecular formula is C15H14N4. The first-order valence-electron chi connectivity index (χ1n) is 6.11. The first kappa shape index (κ1) is 11.5.